The van der Waals surface area contributed by atoms with Gasteiger partial charge in [0.15, 0.2) is 0 Å². The van der Waals surface area contributed by atoms with Crippen LogP contribution in [0.5, 0.6) is 5.75 Å². The van der Waals surface area contributed by atoms with Crippen LogP contribution < -0.4 is 10.5 Å². The number of benzene rings is 1. The first kappa shape index (κ1) is 14.8. The van der Waals surface area contributed by atoms with Gasteiger partial charge in [0.05, 0.1) is 6.61 Å². The zero-order valence-corrected chi connectivity index (χ0v) is 13.0. The molecule has 3 rings (SSSR count). The second-order valence-corrected chi connectivity index (χ2v) is 6.18. The van der Waals surface area contributed by atoms with Crippen molar-refractivity contribution >= 4 is 0 Å². The van der Waals surface area contributed by atoms with E-state index in [1.54, 1.807) is 0 Å². The summed E-state index contributed by atoms with van der Waals surface area (Å²) in [5, 5.41) is 0. The highest BCUT2D eigenvalue weighted by Crippen LogP contribution is 2.27. The van der Waals surface area contributed by atoms with Crippen molar-refractivity contribution in [2.75, 3.05) is 39.3 Å². The minimum atomic E-state index is 0.0909. The van der Waals surface area contributed by atoms with E-state index in [0.717, 1.165) is 31.4 Å². The highest BCUT2D eigenvalue weighted by atomic mass is 16.5. The van der Waals surface area contributed by atoms with Gasteiger partial charge in [-0.15, -0.1) is 0 Å². The van der Waals surface area contributed by atoms with Crippen LogP contribution in [0.1, 0.15) is 31.4 Å². The van der Waals surface area contributed by atoms with E-state index in [4.69, 9.17) is 10.5 Å². The number of hydrogen-bond donors (Lipinski definition) is 1. The molecule has 0 aromatic heterocycles. The lowest BCUT2D eigenvalue weighted by atomic mass is 10.1. The zero-order chi connectivity index (χ0) is 14.7. The molecule has 0 radical (unpaired) electrons. The lowest BCUT2D eigenvalue weighted by Gasteiger charge is -2.36. The average Bonchev–Trinajstić information content (AvgIpc) is 3.34. The molecule has 4 heteroatoms. The third-order valence-electron chi connectivity index (χ3n) is 4.54. The normalized spacial score (nSPS) is 22.2. The molecule has 1 heterocycles. The first-order valence-corrected chi connectivity index (χ1v) is 8.21. The van der Waals surface area contributed by atoms with Gasteiger partial charge in [0.2, 0.25) is 0 Å². The molecule has 1 atom stereocenters. The monoisotopic (exact) mass is 289 g/mol. The molecule has 0 spiro atoms. The Labute approximate surface area is 127 Å². The highest BCUT2D eigenvalue weighted by Gasteiger charge is 2.31. The molecular formula is C17H27N3O. The second-order valence-electron chi connectivity index (χ2n) is 6.18. The Balaban J connectivity index is 1.48. The number of hydrogen-bond acceptors (Lipinski definition) is 4. The molecule has 2 N–H and O–H groups in total. The number of piperazine rings is 1. The Bertz CT molecular complexity index is 436. The third kappa shape index (κ3) is 3.96. The van der Waals surface area contributed by atoms with Crippen molar-refractivity contribution in [1.82, 2.24) is 9.80 Å². The van der Waals surface area contributed by atoms with Crippen LogP contribution in [0.3, 0.4) is 0 Å². The Kier molecular flexibility index (Phi) is 4.78. The van der Waals surface area contributed by atoms with E-state index in [1.807, 2.05) is 19.1 Å². The van der Waals surface area contributed by atoms with E-state index in [2.05, 4.69) is 21.9 Å². The van der Waals surface area contributed by atoms with Crippen LogP contribution in [-0.2, 0) is 0 Å². The molecule has 2 aliphatic rings. The standard InChI is InChI=1S/C17H27N3O/c1-2-21-16-7-3-14(4-8-16)17(18)13-19-9-11-20(12-10-19)15-5-6-15/h3-4,7-8,15,17H,2,5-6,9-13,18H2,1H3. The number of nitrogens with zero attached hydrogens (tertiary/aromatic N) is 2. The first-order chi connectivity index (χ1) is 10.3. The van der Waals surface area contributed by atoms with Crippen LogP contribution in [0.15, 0.2) is 24.3 Å². The molecule has 21 heavy (non-hydrogen) atoms. The summed E-state index contributed by atoms with van der Waals surface area (Å²) in [6, 6.07) is 9.21. The van der Waals surface area contributed by atoms with E-state index < -0.39 is 0 Å². The Morgan fingerprint density at radius 3 is 2.38 bits per heavy atom. The van der Waals surface area contributed by atoms with E-state index >= 15 is 0 Å². The molecule has 0 bridgehead atoms. The van der Waals surface area contributed by atoms with E-state index in [1.165, 1.54) is 31.5 Å². The van der Waals surface area contributed by atoms with Gasteiger partial charge in [-0.3, -0.25) is 9.80 Å². The summed E-state index contributed by atoms with van der Waals surface area (Å²) in [4.78, 5) is 5.14. The molecule has 1 saturated heterocycles. The first-order valence-electron chi connectivity index (χ1n) is 8.21. The lowest BCUT2D eigenvalue weighted by molar-refractivity contribution is 0.121. The fourth-order valence-electron chi connectivity index (χ4n) is 3.11. The van der Waals surface area contributed by atoms with Crippen LogP contribution in [0, 0.1) is 0 Å². The maximum absolute atomic E-state index is 6.36. The van der Waals surface area contributed by atoms with Crippen LogP contribution >= 0.6 is 0 Å². The molecule has 1 aliphatic heterocycles. The van der Waals surface area contributed by atoms with Gasteiger partial charge in [-0.2, -0.15) is 0 Å². The lowest BCUT2D eigenvalue weighted by Crippen LogP contribution is -2.48. The van der Waals surface area contributed by atoms with Gasteiger partial charge in [-0.25, -0.2) is 0 Å². The third-order valence-corrected chi connectivity index (χ3v) is 4.54. The fraction of sp³-hybridized carbons (Fsp3) is 0.647. The summed E-state index contributed by atoms with van der Waals surface area (Å²) in [7, 11) is 0. The summed E-state index contributed by atoms with van der Waals surface area (Å²) in [6.07, 6.45) is 2.82. The minimum Gasteiger partial charge on any atom is -0.494 e. The summed E-state index contributed by atoms with van der Waals surface area (Å²) in [6.45, 7) is 8.38. The Morgan fingerprint density at radius 1 is 1.14 bits per heavy atom. The molecule has 1 saturated carbocycles. The molecule has 116 valence electrons. The topological polar surface area (TPSA) is 41.7 Å². The zero-order valence-electron chi connectivity index (χ0n) is 13.0. The van der Waals surface area contributed by atoms with Gasteiger partial charge in [-0.1, -0.05) is 12.1 Å². The van der Waals surface area contributed by atoms with Gasteiger partial charge in [-0.05, 0) is 37.5 Å². The van der Waals surface area contributed by atoms with Crippen LogP contribution in [-0.4, -0.2) is 55.2 Å². The number of ether oxygens (including phenoxy) is 1. The van der Waals surface area contributed by atoms with E-state index in [0.29, 0.717) is 6.61 Å². The molecule has 1 aliphatic carbocycles. The molecular weight excluding hydrogens is 262 g/mol. The van der Waals surface area contributed by atoms with Crippen molar-refractivity contribution in [2.45, 2.75) is 31.8 Å². The summed E-state index contributed by atoms with van der Waals surface area (Å²) >= 11 is 0. The highest BCUT2D eigenvalue weighted by molar-refractivity contribution is 5.29. The molecule has 1 aromatic rings. The van der Waals surface area contributed by atoms with Crippen molar-refractivity contribution in [1.29, 1.82) is 0 Å². The molecule has 1 unspecified atom stereocenters. The van der Waals surface area contributed by atoms with E-state index in [-0.39, 0.29) is 6.04 Å². The summed E-state index contributed by atoms with van der Waals surface area (Å²) in [5.41, 5.74) is 7.56. The smallest absolute Gasteiger partial charge is 0.119 e. The van der Waals surface area contributed by atoms with Gasteiger partial charge < -0.3 is 10.5 Å². The SMILES string of the molecule is CCOc1ccc(C(N)CN2CCN(C3CC3)CC2)cc1. The molecule has 0 amide bonds. The summed E-state index contributed by atoms with van der Waals surface area (Å²) < 4.78 is 5.47. The van der Waals surface area contributed by atoms with Gasteiger partial charge in [0.25, 0.3) is 0 Å². The van der Waals surface area contributed by atoms with Gasteiger partial charge in [0, 0.05) is 44.8 Å². The Morgan fingerprint density at radius 2 is 1.81 bits per heavy atom. The fourth-order valence-corrected chi connectivity index (χ4v) is 3.11. The number of nitrogens with two attached hydrogens (primary N) is 1. The van der Waals surface area contributed by atoms with Crippen LogP contribution in [0.2, 0.25) is 0 Å². The molecule has 2 fully saturated rings. The maximum Gasteiger partial charge on any atom is 0.119 e. The van der Waals surface area contributed by atoms with Crippen molar-refractivity contribution in [3.63, 3.8) is 0 Å². The minimum absolute atomic E-state index is 0.0909. The van der Waals surface area contributed by atoms with Gasteiger partial charge >= 0.3 is 0 Å². The summed E-state index contributed by atoms with van der Waals surface area (Å²) in [5.74, 6) is 0.923. The molecule has 1 aromatic carbocycles. The van der Waals surface area contributed by atoms with Crippen molar-refractivity contribution in [3.05, 3.63) is 29.8 Å². The van der Waals surface area contributed by atoms with Crippen molar-refractivity contribution < 1.29 is 4.74 Å². The largest absolute Gasteiger partial charge is 0.494 e. The van der Waals surface area contributed by atoms with Crippen molar-refractivity contribution in [3.8, 4) is 5.75 Å². The second kappa shape index (κ2) is 6.77. The molecule has 4 nitrogen and oxygen atoms in total. The predicted molar refractivity (Wildman–Crippen MR) is 85.6 cm³/mol. The van der Waals surface area contributed by atoms with E-state index in [9.17, 15) is 0 Å². The quantitative estimate of drug-likeness (QED) is 0.868. The number of rotatable bonds is 6. The van der Waals surface area contributed by atoms with Gasteiger partial charge in [0.1, 0.15) is 5.75 Å². The predicted octanol–water partition coefficient (Wildman–Crippen LogP) is 1.87. The van der Waals surface area contributed by atoms with Crippen molar-refractivity contribution in [2.24, 2.45) is 5.73 Å². The van der Waals surface area contributed by atoms with Crippen LogP contribution in [0.4, 0.5) is 0 Å². The average molecular weight is 289 g/mol. The Hall–Kier alpha value is -1.10. The van der Waals surface area contributed by atoms with Crippen LogP contribution in [0.25, 0.3) is 0 Å². The maximum atomic E-state index is 6.36.